The molecule has 0 bridgehead atoms. The molecule has 1 aliphatic heterocycles. The Kier molecular flexibility index (Phi) is 2.29. The number of aliphatic carboxylic acids is 1. The molecule has 74 valence electrons. The summed E-state index contributed by atoms with van der Waals surface area (Å²) in [7, 11) is -3.35. The molecule has 0 radical (unpaired) electrons. The Morgan fingerprint density at radius 2 is 2.23 bits per heavy atom. The van der Waals surface area contributed by atoms with Crippen molar-refractivity contribution in [2.24, 2.45) is 0 Å². The third-order valence-electron chi connectivity index (χ3n) is 1.82. The van der Waals surface area contributed by atoms with Crippen LogP contribution in [-0.2, 0) is 19.4 Å². The van der Waals surface area contributed by atoms with Crippen LogP contribution in [0.4, 0.5) is 0 Å². The molecule has 1 unspecified atom stereocenters. The summed E-state index contributed by atoms with van der Waals surface area (Å²) in [5, 5.41) is 7.41. The highest BCUT2D eigenvalue weighted by molar-refractivity contribution is 7.91. The standard InChI is InChI=1S/C6H9NO5S/c1-13(11,12)5-2-4(8)7(5)3-6(9)10/h5H,2-3H2,1H3,(H,9,10). The topological polar surface area (TPSA) is 91.8 Å². The van der Waals surface area contributed by atoms with Gasteiger partial charge in [-0.2, -0.15) is 0 Å². The largest absolute Gasteiger partial charge is 0.480 e. The molecule has 1 atom stereocenters. The molecule has 0 saturated carbocycles. The van der Waals surface area contributed by atoms with Crippen LogP contribution in [0.2, 0.25) is 0 Å². The molecule has 0 aromatic heterocycles. The molecule has 0 aromatic rings. The Balaban J connectivity index is 2.73. The summed E-state index contributed by atoms with van der Waals surface area (Å²) in [4.78, 5) is 21.9. The van der Waals surface area contributed by atoms with Crippen molar-refractivity contribution in [3.8, 4) is 0 Å². The Morgan fingerprint density at radius 3 is 2.54 bits per heavy atom. The van der Waals surface area contributed by atoms with E-state index in [1.165, 1.54) is 0 Å². The smallest absolute Gasteiger partial charge is 0.323 e. The average Bonchev–Trinajstić information content (AvgIpc) is 1.93. The molecule has 1 N–H and O–H groups in total. The number of hydrogen-bond acceptors (Lipinski definition) is 4. The van der Waals surface area contributed by atoms with E-state index in [9.17, 15) is 18.0 Å². The van der Waals surface area contributed by atoms with Crippen molar-refractivity contribution >= 4 is 21.7 Å². The number of hydrogen-bond donors (Lipinski definition) is 1. The third-order valence-corrected chi connectivity index (χ3v) is 3.23. The predicted octanol–water partition coefficient (Wildman–Crippen LogP) is -1.33. The Bertz CT molecular complexity index is 346. The van der Waals surface area contributed by atoms with E-state index < -0.39 is 33.6 Å². The summed E-state index contributed by atoms with van der Waals surface area (Å²) < 4.78 is 21.9. The van der Waals surface area contributed by atoms with Crippen molar-refractivity contribution in [3.63, 3.8) is 0 Å². The maximum Gasteiger partial charge on any atom is 0.323 e. The van der Waals surface area contributed by atoms with Crippen LogP contribution in [0.15, 0.2) is 0 Å². The number of likely N-dealkylation sites (tertiary alicyclic amines) is 1. The highest BCUT2D eigenvalue weighted by atomic mass is 32.2. The average molecular weight is 207 g/mol. The molecule has 1 rings (SSSR count). The number of β-lactam (4-membered cyclic amide) rings is 1. The van der Waals surface area contributed by atoms with E-state index in [4.69, 9.17) is 5.11 Å². The van der Waals surface area contributed by atoms with Crippen LogP contribution in [0.25, 0.3) is 0 Å². The molecule has 1 saturated heterocycles. The van der Waals surface area contributed by atoms with Crippen LogP contribution in [0.1, 0.15) is 6.42 Å². The fourth-order valence-corrected chi connectivity index (χ4v) is 2.24. The van der Waals surface area contributed by atoms with Crippen LogP contribution in [0.5, 0.6) is 0 Å². The van der Waals surface area contributed by atoms with Gasteiger partial charge in [0, 0.05) is 6.26 Å². The van der Waals surface area contributed by atoms with E-state index in [1.807, 2.05) is 0 Å². The zero-order valence-corrected chi connectivity index (χ0v) is 7.74. The maximum absolute atomic E-state index is 11.0. The molecule has 1 heterocycles. The van der Waals surface area contributed by atoms with Gasteiger partial charge >= 0.3 is 5.97 Å². The molecule has 7 heteroatoms. The molecular formula is C6H9NO5S. The molecule has 1 aliphatic rings. The molecule has 0 aliphatic carbocycles. The maximum atomic E-state index is 11.0. The van der Waals surface area contributed by atoms with Crippen LogP contribution in [0, 0.1) is 0 Å². The number of carboxylic acids is 1. The van der Waals surface area contributed by atoms with E-state index >= 15 is 0 Å². The molecule has 1 amide bonds. The van der Waals surface area contributed by atoms with Gasteiger partial charge in [0.25, 0.3) is 0 Å². The van der Waals surface area contributed by atoms with Gasteiger partial charge < -0.3 is 10.0 Å². The SMILES string of the molecule is CS(=O)(=O)C1CC(=O)N1CC(=O)O. The lowest BCUT2D eigenvalue weighted by Crippen LogP contribution is -2.57. The van der Waals surface area contributed by atoms with E-state index in [0.717, 1.165) is 11.2 Å². The van der Waals surface area contributed by atoms with Crippen LogP contribution in [0.3, 0.4) is 0 Å². The monoisotopic (exact) mass is 207 g/mol. The minimum absolute atomic E-state index is 0.105. The normalized spacial score (nSPS) is 22.7. The predicted molar refractivity (Wildman–Crippen MR) is 42.6 cm³/mol. The Morgan fingerprint density at radius 1 is 1.69 bits per heavy atom. The fraction of sp³-hybridized carbons (Fsp3) is 0.667. The first-order valence-electron chi connectivity index (χ1n) is 3.52. The van der Waals surface area contributed by atoms with Gasteiger partial charge in [-0.05, 0) is 0 Å². The summed E-state index contributed by atoms with van der Waals surface area (Å²) in [5.74, 6) is -1.64. The lowest BCUT2D eigenvalue weighted by molar-refractivity contribution is -0.151. The van der Waals surface area contributed by atoms with Gasteiger partial charge in [0.05, 0.1) is 6.42 Å². The molecule has 0 spiro atoms. The van der Waals surface area contributed by atoms with Crippen molar-refractivity contribution in [1.82, 2.24) is 4.90 Å². The number of carbonyl (C=O) groups is 2. The number of carboxylic acid groups (broad SMARTS) is 1. The van der Waals surface area contributed by atoms with Crippen molar-refractivity contribution in [2.45, 2.75) is 11.8 Å². The van der Waals surface area contributed by atoms with Gasteiger partial charge in [-0.3, -0.25) is 9.59 Å². The molecule has 13 heavy (non-hydrogen) atoms. The van der Waals surface area contributed by atoms with Crippen LogP contribution >= 0.6 is 0 Å². The second-order valence-corrected chi connectivity index (χ2v) is 5.11. The zero-order chi connectivity index (χ0) is 10.2. The van der Waals surface area contributed by atoms with Crippen molar-refractivity contribution in [1.29, 1.82) is 0 Å². The summed E-state index contributed by atoms with van der Waals surface area (Å²) in [5.41, 5.74) is 0. The Labute approximate surface area is 75.1 Å². The van der Waals surface area contributed by atoms with Gasteiger partial charge in [-0.25, -0.2) is 8.42 Å². The molecule has 1 fully saturated rings. The fourth-order valence-electron chi connectivity index (χ4n) is 1.14. The van der Waals surface area contributed by atoms with Gasteiger partial charge in [0.15, 0.2) is 9.84 Å². The van der Waals surface area contributed by atoms with Crippen LogP contribution < -0.4 is 0 Å². The number of sulfone groups is 1. The minimum atomic E-state index is -3.35. The summed E-state index contributed by atoms with van der Waals surface area (Å²) in [6.45, 7) is -0.545. The quantitative estimate of drug-likeness (QED) is 0.579. The van der Waals surface area contributed by atoms with E-state index in [2.05, 4.69) is 0 Å². The van der Waals surface area contributed by atoms with Gasteiger partial charge in [-0.15, -0.1) is 0 Å². The summed E-state index contributed by atoms with van der Waals surface area (Å²) in [6, 6.07) is 0. The second kappa shape index (κ2) is 2.99. The molecule has 0 aromatic carbocycles. The van der Waals surface area contributed by atoms with E-state index in [0.29, 0.717) is 0 Å². The Hall–Kier alpha value is -1.11. The first-order valence-corrected chi connectivity index (χ1v) is 5.48. The highest BCUT2D eigenvalue weighted by Gasteiger charge is 2.43. The van der Waals surface area contributed by atoms with Crippen LogP contribution in [-0.4, -0.2) is 48.5 Å². The highest BCUT2D eigenvalue weighted by Crippen LogP contribution is 2.22. The minimum Gasteiger partial charge on any atom is -0.480 e. The van der Waals surface area contributed by atoms with Gasteiger partial charge in [0.1, 0.15) is 11.9 Å². The first-order chi connectivity index (χ1) is 5.82. The summed E-state index contributed by atoms with van der Waals surface area (Å²) >= 11 is 0. The van der Waals surface area contributed by atoms with E-state index in [-0.39, 0.29) is 6.42 Å². The summed E-state index contributed by atoms with van der Waals surface area (Å²) in [6.07, 6.45) is 0.880. The number of nitrogens with zero attached hydrogens (tertiary/aromatic N) is 1. The molecular weight excluding hydrogens is 198 g/mol. The van der Waals surface area contributed by atoms with Crippen molar-refractivity contribution in [2.75, 3.05) is 12.8 Å². The van der Waals surface area contributed by atoms with Crippen molar-refractivity contribution in [3.05, 3.63) is 0 Å². The molecule has 6 nitrogen and oxygen atoms in total. The third kappa shape index (κ3) is 1.97. The lowest BCUT2D eigenvalue weighted by atomic mass is 10.2. The first kappa shape index (κ1) is 9.97. The van der Waals surface area contributed by atoms with Gasteiger partial charge in [-0.1, -0.05) is 0 Å². The zero-order valence-electron chi connectivity index (χ0n) is 6.93. The number of carbonyl (C=O) groups excluding carboxylic acids is 1. The number of amides is 1. The number of rotatable bonds is 3. The second-order valence-electron chi connectivity index (χ2n) is 2.90. The van der Waals surface area contributed by atoms with E-state index in [1.54, 1.807) is 0 Å². The van der Waals surface area contributed by atoms with Crippen molar-refractivity contribution < 1.29 is 23.1 Å². The van der Waals surface area contributed by atoms with Gasteiger partial charge in [0.2, 0.25) is 5.91 Å². The lowest BCUT2D eigenvalue weighted by Gasteiger charge is -2.37.